The number of carboxylic acids is 1. The van der Waals surface area contributed by atoms with Gasteiger partial charge in [-0.15, -0.1) is 0 Å². The molecule has 27 heavy (non-hydrogen) atoms. The van der Waals surface area contributed by atoms with E-state index in [1.54, 1.807) is 19.9 Å². The summed E-state index contributed by atoms with van der Waals surface area (Å²) in [5, 5.41) is 29.0. The van der Waals surface area contributed by atoms with Gasteiger partial charge in [-0.3, -0.25) is 9.59 Å². The quantitative estimate of drug-likeness (QED) is 0.253. The third-order valence-corrected chi connectivity index (χ3v) is 4.52. The minimum absolute atomic E-state index is 0.00649. The van der Waals surface area contributed by atoms with Crippen molar-refractivity contribution in [2.75, 3.05) is 13.2 Å². The number of aliphatic hydroxyl groups is 2. The van der Waals surface area contributed by atoms with Crippen molar-refractivity contribution < 1.29 is 34.4 Å². The zero-order chi connectivity index (χ0) is 20.2. The molecule has 3 N–H and O–H groups in total. The standard InChI is InChI=1S/C20H32O7/c1-3-26-20(27-4-2)16(21)12-11-15-14(17(22)13-18(15)23)9-7-5-6-8-10-19(24)25/h5,7,11-12,14-16,18,20-21,23H,3-4,6,8-10,13H2,1-2H3,(H,24,25)/b7-5-,12-11+/t14-,15-,16-,18-/m1/s1. The van der Waals surface area contributed by atoms with Crippen LogP contribution < -0.4 is 0 Å². The number of unbranched alkanes of at least 4 members (excludes halogenated alkanes) is 1. The van der Waals surface area contributed by atoms with E-state index in [-0.39, 0.29) is 30.5 Å². The van der Waals surface area contributed by atoms with Crippen molar-refractivity contribution in [3.05, 3.63) is 24.3 Å². The van der Waals surface area contributed by atoms with E-state index in [1.165, 1.54) is 6.08 Å². The second kappa shape index (κ2) is 12.8. The molecule has 1 rings (SSSR count). The van der Waals surface area contributed by atoms with Crippen molar-refractivity contribution >= 4 is 11.8 Å². The molecule has 0 aromatic carbocycles. The number of aliphatic hydroxyl groups excluding tert-OH is 2. The van der Waals surface area contributed by atoms with Gasteiger partial charge in [-0.05, 0) is 33.1 Å². The van der Waals surface area contributed by atoms with Gasteiger partial charge in [-0.1, -0.05) is 24.3 Å². The second-order valence-electron chi connectivity index (χ2n) is 6.57. The van der Waals surface area contributed by atoms with Crippen LogP contribution in [-0.4, -0.2) is 58.8 Å². The highest BCUT2D eigenvalue weighted by Crippen LogP contribution is 2.33. The first-order valence-corrected chi connectivity index (χ1v) is 9.57. The van der Waals surface area contributed by atoms with E-state index in [4.69, 9.17) is 14.6 Å². The molecule has 7 nitrogen and oxygen atoms in total. The Labute approximate surface area is 160 Å². The lowest BCUT2D eigenvalue weighted by molar-refractivity contribution is -0.177. The Morgan fingerprint density at radius 1 is 1.26 bits per heavy atom. The Hall–Kier alpha value is -1.54. The van der Waals surface area contributed by atoms with Crippen LogP contribution in [0.25, 0.3) is 0 Å². The van der Waals surface area contributed by atoms with Crippen LogP contribution in [0.15, 0.2) is 24.3 Å². The Bertz CT molecular complexity index is 508. The number of Topliss-reactive ketones (excluding diaryl/α,β-unsaturated/α-hetero) is 1. The fourth-order valence-corrected chi connectivity index (χ4v) is 3.17. The summed E-state index contributed by atoms with van der Waals surface area (Å²) in [6, 6.07) is 0. The summed E-state index contributed by atoms with van der Waals surface area (Å²) in [5.41, 5.74) is 0. The minimum Gasteiger partial charge on any atom is -0.481 e. The van der Waals surface area contributed by atoms with Crippen molar-refractivity contribution in [3.63, 3.8) is 0 Å². The lowest BCUT2D eigenvalue weighted by atomic mass is 9.90. The number of rotatable bonds is 13. The Balaban J connectivity index is 2.63. The maximum atomic E-state index is 12.2. The molecule has 1 saturated carbocycles. The number of ketones is 1. The van der Waals surface area contributed by atoms with Crippen LogP contribution in [0.4, 0.5) is 0 Å². The Morgan fingerprint density at radius 3 is 2.52 bits per heavy atom. The summed E-state index contributed by atoms with van der Waals surface area (Å²) < 4.78 is 10.7. The first-order valence-electron chi connectivity index (χ1n) is 9.57. The first-order chi connectivity index (χ1) is 12.9. The Morgan fingerprint density at radius 2 is 1.93 bits per heavy atom. The number of carbonyl (C=O) groups is 2. The van der Waals surface area contributed by atoms with Gasteiger partial charge in [0.1, 0.15) is 11.9 Å². The Kier molecular flexibility index (Phi) is 11.1. The lowest BCUT2D eigenvalue weighted by Crippen LogP contribution is -2.31. The molecule has 0 radical (unpaired) electrons. The molecule has 0 aliphatic heterocycles. The maximum absolute atomic E-state index is 12.2. The van der Waals surface area contributed by atoms with Gasteiger partial charge in [0.05, 0.1) is 6.10 Å². The highest BCUT2D eigenvalue weighted by molar-refractivity contribution is 5.84. The summed E-state index contributed by atoms with van der Waals surface area (Å²) in [5.74, 6) is -1.55. The van der Waals surface area contributed by atoms with Crippen LogP contribution in [0.5, 0.6) is 0 Å². The van der Waals surface area contributed by atoms with Gasteiger partial charge in [0, 0.05) is 37.9 Å². The van der Waals surface area contributed by atoms with Gasteiger partial charge < -0.3 is 24.8 Å². The van der Waals surface area contributed by atoms with Crippen LogP contribution in [0.3, 0.4) is 0 Å². The number of ether oxygens (including phenoxy) is 2. The number of allylic oxidation sites excluding steroid dienone is 2. The van der Waals surface area contributed by atoms with E-state index >= 15 is 0 Å². The molecule has 0 bridgehead atoms. The largest absolute Gasteiger partial charge is 0.481 e. The van der Waals surface area contributed by atoms with Crippen molar-refractivity contribution in [2.24, 2.45) is 11.8 Å². The van der Waals surface area contributed by atoms with Crippen LogP contribution in [-0.2, 0) is 19.1 Å². The SMILES string of the molecule is CCOC(OCC)[C@H](O)/C=C/[C@H]1[C@H](O)CC(=O)[C@@H]1C/C=C\CCCC(=O)O. The summed E-state index contributed by atoms with van der Waals surface area (Å²) >= 11 is 0. The number of aliphatic carboxylic acids is 1. The fraction of sp³-hybridized carbons (Fsp3) is 0.700. The molecule has 0 spiro atoms. The molecule has 0 unspecified atom stereocenters. The monoisotopic (exact) mass is 384 g/mol. The number of hydrogen-bond acceptors (Lipinski definition) is 6. The smallest absolute Gasteiger partial charge is 0.303 e. The zero-order valence-corrected chi connectivity index (χ0v) is 16.1. The zero-order valence-electron chi connectivity index (χ0n) is 16.1. The van der Waals surface area contributed by atoms with Gasteiger partial charge in [-0.2, -0.15) is 0 Å². The molecule has 1 fully saturated rings. The highest BCUT2D eigenvalue weighted by atomic mass is 16.7. The van der Waals surface area contributed by atoms with E-state index < -0.39 is 24.5 Å². The van der Waals surface area contributed by atoms with Crippen LogP contribution in [0, 0.1) is 11.8 Å². The summed E-state index contributed by atoms with van der Waals surface area (Å²) in [6.45, 7) is 4.41. The minimum atomic E-state index is -0.986. The molecular formula is C20H32O7. The topological polar surface area (TPSA) is 113 Å². The average molecular weight is 384 g/mol. The van der Waals surface area contributed by atoms with E-state index in [9.17, 15) is 19.8 Å². The van der Waals surface area contributed by atoms with E-state index in [2.05, 4.69) is 0 Å². The molecule has 4 atom stereocenters. The normalized spacial score (nSPS) is 24.5. The molecule has 0 aromatic rings. The molecule has 0 heterocycles. The van der Waals surface area contributed by atoms with Crippen molar-refractivity contribution in [1.29, 1.82) is 0 Å². The summed E-state index contributed by atoms with van der Waals surface area (Å²) in [4.78, 5) is 22.6. The summed E-state index contributed by atoms with van der Waals surface area (Å²) in [6.07, 6.45) is 6.28. The fourth-order valence-electron chi connectivity index (χ4n) is 3.17. The molecule has 7 heteroatoms. The molecule has 1 aliphatic rings. The molecule has 1 aliphatic carbocycles. The lowest BCUT2D eigenvalue weighted by Gasteiger charge is -2.21. The van der Waals surface area contributed by atoms with Crippen molar-refractivity contribution in [2.45, 2.75) is 64.4 Å². The predicted molar refractivity (Wildman–Crippen MR) is 100 cm³/mol. The molecule has 154 valence electrons. The van der Waals surface area contributed by atoms with Crippen LogP contribution >= 0.6 is 0 Å². The molecular weight excluding hydrogens is 352 g/mol. The predicted octanol–water partition coefficient (Wildman–Crippen LogP) is 2.07. The summed E-state index contributed by atoms with van der Waals surface area (Å²) in [7, 11) is 0. The van der Waals surface area contributed by atoms with Gasteiger partial charge >= 0.3 is 5.97 Å². The van der Waals surface area contributed by atoms with Crippen molar-refractivity contribution in [1.82, 2.24) is 0 Å². The second-order valence-corrected chi connectivity index (χ2v) is 6.57. The molecule has 0 saturated heterocycles. The van der Waals surface area contributed by atoms with Crippen LogP contribution in [0.2, 0.25) is 0 Å². The maximum Gasteiger partial charge on any atom is 0.303 e. The van der Waals surface area contributed by atoms with E-state index in [0.717, 1.165) is 0 Å². The van der Waals surface area contributed by atoms with E-state index in [1.807, 2.05) is 12.2 Å². The number of carboxylic acid groups (broad SMARTS) is 1. The van der Waals surface area contributed by atoms with Crippen molar-refractivity contribution in [3.8, 4) is 0 Å². The van der Waals surface area contributed by atoms with Crippen LogP contribution in [0.1, 0.15) is 46.0 Å². The number of carbonyl (C=O) groups excluding carboxylic acids is 1. The average Bonchev–Trinajstić information content (AvgIpc) is 2.88. The molecule has 0 aromatic heterocycles. The van der Waals surface area contributed by atoms with Gasteiger partial charge in [-0.25, -0.2) is 0 Å². The third-order valence-electron chi connectivity index (χ3n) is 4.52. The first kappa shape index (κ1) is 23.5. The number of hydrogen-bond donors (Lipinski definition) is 3. The third kappa shape index (κ3) is 8.34. The van der Waals surface area contributed by atoms with Gasteiger partial charge in [0.2, 0.25) is 0 Å². The van der Waals surface area contributed by atoms with Gasteiger partial charge in [0.15, 0.2) is 6.29 Å². The van der Waals surface area contributed by atoms with E-state index in [0.29, 0.717) is 32.5 Å². The van der Waals surface area contributed by atoms with Gasteiger partial charge in [0.25, 0.3) is 0 Å². The molecule has 0 amide bonds. The highest BCUT2D eigenvalue weighted by Gasteiger charge is 2.39.